The highest BCUT2D eigenvalue weighted by Gasteiger charge is 2.30. The van der Waals surface area contributed by atoms with Gasteiger partial charge in [0.1, 0.15) is 0 Å². The van der Waals surface area contributed by atoms with Crippen LogP contribution < -0.4 is 10.6 Å². The zero-order chi connectivity index (χ0) is 14.0. The van der Waals surface area contributed by atoms with Crippen LogP contribution in [0.25, 0.3) is 0 Å². The molecule has 1 aliphatic heterocycles. The second-order valence-electron chi connectivity index (χ2n) is 5.86. The average Bonchev–Trinajstić information content (AvgIpc) is 2.84. The van der Waals surface area contributed by atoms with E-state index in [2.05, 4.69) is 20.9 Å². The Morgan fingerprint density at radius 3 is 2.85 bits per heavy atom. The van der Waals surface area contributed by atoms with E-state index in [1.54, 1.807) is 10.9 Å². The SMILES string of the molecule is O=C(NCC1(O)CCCCC1)c1cn(C2CNC2)nn1. The fourth-order valence-corrected chi connectivity index (χ4v) is 2.74. The molecule has 3 N–H and O–H groups in total. The summed E-state index contributed by atoms with van der Waals surface area (Å²) in [5.41, 5.74) is -0.432. The van der Waals surface area contributed by atoms with Gasteiger partial charge in [0.05, 0.1) is 17.8 Å². The molecule has 3 rings (SSSR count). The summed E-state index contributed by atoms with van der Waals surface area (Å²) in [5, 5.41) is 24.1. The Kier molecular flexibility index (Phi) is 3.71. The summed E-state index contributed by atoms with van der Waals surface area (Å²) in [7, 11) is 0. The van der Waals surface area contributed by atoms with Crippen molar-refractivity contribution in [3.8, 4) is 0 Å². The summed E-state index contributed by atoms with van der Waals surface area (Å²) in [6.45, 7) is 2.03. The second-order valence-corrected chi connectivity index (χ2v) is 5.86. The molecule has 2 aliphatic rings. The lowest BCUT2D eigenvalue weighted by Crippen LogP contribution is -2.44. The molecule has 0 bridgehead atoms. The molecule has 2 fully saturated rings. The molecular formula is C13H21N5O2. The largest absolute Gasteiger partial charge is 0.388 e. The van der Waals surface area contributed by atoms with Gasteiger partial charge in [-0.3, -0.25) is 4.79 Å². The third-order valence-corrected chi connectivity index (χ3v) is 4.24. The molecule has 1 saturated heterocycles. The van der Waals surface area contributed by atoms with E-state index < -0.39 is 5.60 Å². The average molecular weight is 279 g/mol. The molecule has 0 unspecified atom stereocenters. The minimum absolute atomic E-state index is 0.262. The maximum atomic E-state index is 12.0. The van der Waals surface area contributed by atoms with Crippen LogP contribution >= 0.6 is 0 Å². The molecule has 7 nitrogen and oxygen atoms in total. The van der Waals surface area contributed by atoms with Crippen molar-refractivity contribution < 1.29 is 9.90 Å². The van der Waals surface area contributed by atoms with Crippen LogP contribution in [0.2, 0.25) is 0 Å². The Hall–Kier alpha value is -1.47. The predicted molar refractivity (Wildman–Crippen MR) is 72.3 cm³/mol. The number of aliphatic hydroxyl groups is 1. The molecular weight excluding hydrogens is 258 g/mol. The molecule has 1 aromatic heterocycles. The van der Waals surface area contributed by atoms with E-state index in [0.29, 0.717) is 18.3 Å². The van der Waals surface area contributed by atoms with Crippen molar-refractivity contribution in [1.82, 2.24) is 25.6 Å². The first kappa shape index (κ1) is 13.5. The first-order valence-corrected chi connectivity index (χ1v) is 7.29. The van der Waals surface area contributed by atoms with Crippen molar-refractivity contribution in [3.63, 3.8) is 0 Å². The highest BCUT2D eigenvalue weighted by atomic mass is 16.3. The molecule has 2 heterocycles. The molecule has 0 aromatic carbocycles. The summed E-state index contributed by atoms with van der Waals surface area (Å²) in [6.07, 6.45) is 6.40. The van der Waals surface area contributed by atoms with Gasteiger partial charge in [-0.05, 0) is 12.8 Å². The number of amides is 1. The summed E-state index contributed by atoms with van der Waals surface area (Å²) in [4.78, 5) is 12.0. The van der Waals surface area contributed by atoms with E-state index in [4.69, 9.17) is 0 Å². The molecule has 20 heavy (non-hydrogen) atoms. The zero-order valence-corrected chi connectivity index (χ0v) is 11.5. The number of carbonyl (C=O) groups excluding carboxylic acids is 1. The monoisotopic (exact) mass is 279 g/mol. The van der Waals surface area contributed by atoms with Crippen LogP contribution in [0.15, 0.2) is 6.20 Å². The zero-order valence-electron chi connectivity index (χ0n) is 11.5. The van der Waals surface area contributed by atoms with Gasteiger partial charge in [0.2, 0.25) is 0 Å². The summed E-state index contributed by atoms with van der Waals surface area (Å²) in [6, 6.07) is 0.298. The molecule has 1 saturated carbocycles. The second kappa shape index (κ2) is 5.49. The summed E-state index contributed by atoms with van der Waals surface area (Å²) < 4.78 is 1.72. The molecule has 1 aliphatic carbocycles. The molecule has 110 valence electrons. The van der Waals surface area contributed by atoms with Gasteiger partial charge in [-0.25, -0.2) is 4.68 Å². The Morgan fingerprint density at radius 1 is 1.45 bits per heavy atom. The van der Waals surface area contributed by atoms with Gasteiger partial charge < -0.3 is 15.7 Å². The van der Waals surface area contributed by atoms with Crippen molar-refractivity contribution in [2.24, 2.45) is 0 Å². The van der Waals surface area contributed by atoms with Gasteiger partial charge in [-0.2, -0.15) is 0 Å². The number of aromatic nitrogens is 3. The first-order chi connectivity index (χ1) is 9.66. The van der Waals surface area contributed by atoms with Crippen molar-refractivity contribution >= 4 is 5.91 Å². The van der Waals surface area contributed by atoms with Gasteiger partial charge in [0.15, 0.2) is 5.69 Å². The van der Waals surface area contributed by atoms with Crippen molar-refractivity contribution in [1.29, 1.82) is 0 Å². The van der Waals surface area contributed by atoms with E-state index in [9.17, 15) is 9.90 Å². The van der Waals surface area contributed by atoms with E-state index in [-0.39, 0.29) is 5.91 Å². The minimum atomic E-state index is -0.748. The van der Waals surface area contributed by atoms with E-state index in [1.807, 2.05) is 0 Å². The van der Waals surface area contributed by atoms with Crippen LogP contribution in [0.4, 0.5) is 0 Å². The lowest BCUT2D eigenvalue weighted by Gasteiger charge is -2.31. The van der Waals surface area contributed by atoms with Crippen LogP contribution in [0, 0.1) is 0 Å². The molecule has 1 aromatic rings. The van der Waals surface area contributed by atoms with Gasteiger partial charge in [0.25, 0.3) is 5.91 Å². The molecule has 1 amide bonds. The first-order valence-electron chi connectivity index (χ1n) is 7.29. The van der Waals surface area contributed by atoms with E-state index in [1.165, 1.54) is 6.42 Å². The van der Waals surface area contributed by atoms with Gasteiger partial charge >= 0.3 is 0 Å². The fourth-order valence-electron chi connectivity index (χ4n) is 2.74. The highest BCUT2D eigenvalue weighted by Crippen LogP contribution is 2.27. The van der Waals surface area contributed by atoms with Crippen molar-refractivity contribution in [2.45, 2.75) is 43.7 Å². The van der Waals surface area contributed by atoms with Crippen LogP contribution in [0.3, 0.4) is 0 Å². The summed E-state index contributed by atoms with van der Waals surface area (Å²) in [5.74, 6) is -0.262. The molecule has 0 atom stereocenters. The van der Waals surface area contributed by atoms with Crippen LogP contribution in [-0.4, -0.2) is 51.2 Å². The highest BCUT2D eigenvalue weighted by molar-refractivity contribution is 5.91. The third kappa shape index (κ3) is 2.83. The molecule has 0 spiro atoms. The fraction of sp³-hybridized carbons (Fsp3) is 0.769. The maximum Gasteiger partial charge on any atom is 0.273 e. The van der Waals surface area contributed by atoms with Crippen molar-refractivity contribution in [3.05, 3.63) is 11.9 Å². The van der Waals surface area contributed by atoms with E-state index in [0.717, 1.165) is 38.8 Å². The minimum Gasteiger partial charge on any atom is -0.388 e. The summed E-state index contributed by atoms with van der Waals surface area (Å²) >= 11 is 0. The van der Waals surface area contributed by atoms with E-state index >= 15 is 0 Å². The Balaban J connectivity index is 1.54. The number of nitrogens with zero attached hydrogens (tertiary/aromatic N) is 3. The number of carbonyl (C=O) groups is 1. The number of hydrogen-bond acceptors (Lipinski definition) is 5. The lowest BCUT2D eigenvalue weighted by atomic mass is 9.85. The maximum absolute atomic E-state index is 12.0. The molecule has 7 heteroatoms. The Morgan fingerprint density at radius 2 is 2.20 bits per heavy atom. The number of rotatable bonds is 4. The normalized spacial score (nSPS) is 22.2. The topological polar surface area (TPSA) is 92.1 Å². The standard InChI is InChI=1S/C13H21N5O2/c19-12(15-9-13(20)4-2-1-3-5-13)11-8-18(17-16-11)10-6-14-7-10/h8,10,14,20H,1-7,9H2,(H,15,19). The van der Waals surface area contributed by atoms with Crippen molar-refractivity contribution in [2.75, 3.05) is 19.6 Å². The smallest absolute Gasteiger partial charge is 0.273 e. The van der Waals surface area contributed by atoms with Gasteiger partial charge in [0, 0.05) is 19.6 Å². The lowest BCUT2D eigenvalue weighted by molar-refractivity contribution is 0.00521. The Bertz CT molecular complexity index is 477. The number of hydrogen-bond donors (Lipinski definition) is 3. The quantitative estimate of drug-likeness (QED) is 0.713. The predicted octanol–water partition coefficient (Wildman–Crippen LogP) is -0.153. The van der Waals surface area contributed by atoms with Gasteiger partial charge in [-0.1, -0.05) is 24.5 Å². The Labute approximate surface area is 117 Å². The number of nitrogens with one attached hydrogen (secondary N) is 2. The third-order valence-electron chi connectivity index (χ3n) is 4.24. The van der Waals surface area contributed by atoms with Crippen LogP contribution in [0.1, 0.15) is 48.6 Å². The van der Waals surface area contributed by atoms with Crippen LogP contribution in [0.5, 0.6) is 0 Å². The van der Waals surface area contributed by atoms with Crippen LogP contribution in [-0.2, 0) is 0 Å². The van der Waals surface area contributed by atoms with Gasteiger partial charge in [-0.15, -0.1) is 5.10 Å². The molecule has 0 radical (unpaired) electrons.